The number of hydrogen-bond acceptors (Lipinski definition) is 3. The zero-order valence-corrected chi connectivity index (χ0v) is 16.4. The largest absolute Gasteiger partial charge is 0.462 e. The van der Waals surface area contributed by atoms with E-state index in [2.05, 4.69) is 26.5 Å². The number of carbonyl (C=O) groups excluding carboxylic acids is 2. The molecule has 0 radical (unpaired) electrons. The molecule has 4 aliphatic rings. The van der Waals surface area contributed by atoms with Crippen LogP contribution in [-0.2, 0) is 14.3 Å². The Kier molecular flexibility index (Phi) is 4.20. The van der Waals surface area contributed by atoms with Crippen LogP contribution in [0.4, 0.5) is 0 Å². The molecule has 0 unspecified atom stereocenters. The van der Waals surface area contributed by atoms with Gasteiger partial charge in [-0.1, -0.05) is 26.0 Å². The van der Waals surface area contributed by atoms with Gasteiger partial charge in [-0.25, -0.2) is 0 Å². The first-order valence-electron chi connectivity index (χ1n) is 10.3. The van der Waals surface area contributed by atoms with Gasteiger partial charge in [0, 0.05) is 19.3 Å². The van der Waals surface area contributed by atoms with Crippen LogP contribution in [0.1, 0.15) is 59.3 Å². The molecule has 26 heavy (non-hydrogen) atoms. The van der Waals surface area contributed by atoms with E-state index < -0.39 is 0 Å². The van der Waals surface area contributed by atoms with Crippen LogP contribution >= 0.6 is 0 Å². The number of rotatable bonds is 2. The molecule has 0 saturated heterocycles. The lowest BCUT2D eigenvalue weighted by atomic mass is 9.46. The molecule has 0 N–H and O–H groups in total. The fourth-order valence-electron chi connectivity index (χ4n) is 7.42. The van der Waals surface area contributed by atoms with Gasteiger partial charge < -0.3 is 4.74 Å². The van der Waals surface area contributed by atoms with E-state index >= 15 is 0 Å². The third-order valence-corrected chi connectivity index (χ3v) is 8.70. The maximum Gasteiger partial charge on any atom is 0.302 e. The lowest BCUT2D eigenvalue weighted by molar-refractivity contribution is -0.148. The van der Waals surface area contributed by atoms with Gasteiger partial charge in [-0.2, -0.15) is 0 Å². The summed E-state index contributed by atoms with van der Waals surface area (Å²) in [6, 6.07) is 0. The van der Waals surface area contributed by atoms with E-state index in [0.29, 0.717) is 29.5 Å². The van der Waals surface area contributed by atoms with Crippen LogP contribution in [0.15, 0.2) is 24.8 Å². The Morgan fingerprint density at radius 2 is 2.04 bits per heavy atom. The zero-order valence-electron chi connectivity index (χ0n) is 16.4. The molecule has 0 heterocycles. The summed E-state index contributed by atoms with van der Waals surface area (Å²) in [5.41, 5.74) is 0.335. The average Bonchev–Trinajstić information content (AvgIpc) is 2.86. The topological polar surface area (TPSA) is 43.4 Å². The van der Waals surface area contributed by atoms with Crippen molar-refractivity contribution < 1.29 is 14.3 Å². The van der Waals surface area contributed by atoms with Crippen molar-refractivity contribution in [3.05, 3.63) is 24.8 Å². The highest BCUT2D eigenvalue weighted by atomic mass is 16.5. The van der Waals surface area contributed by atoms with E-state index in [9.17, 15) is 9.59 Å². The number of ketones is 1. The van der Waals surface area contributed by atoms with Crippen molar-refractivity contribution in [2.24, 2.45) is 40.4 Å². The number of allylic oxidation sites excluding steroid dienone is 2. The highest BCUT2D eigenvalue weighted by molar-refractivity contribution is 5.91. The van der Waals surface area contributed by atoms with Crippen LogP contribution in [-0.4, -0.2) is 17.9 Å². The van der Waals surface area contributed by atoms with Crippen LogP contribution in [0.25, 0.3) is 0 Å². The molecule has 0 aromatic rings. The Balaban J connectivity index is 1.66. The number of carbonyl (C=O) groups is 2. The third-order valence-electron chi connectivity index (χ3n) is 8.70. The minimum absolute atomic E-state index is 0.0206. The molecule has 8 atom stereocenters. The molecule has 0 aromatic carbocycles. The second-order valence-electron chi connectivity index (χ2n) is 9.71. The van der Waals surface area contributed by atoms with E-state index in [-0.39, 0.29) is 28.8 Å². The number of ether oxygens (including phenoxy) is 1. The molecule has 142 valence electrons. The Bertz CT molecular complexity index is 664. The van der Waals surface area contributed by atoms with Crippen LogP contribution < -0.4 is 0 Å². The summed E-state index contributed by atoms with van der Waals surface area (Å²) < 4.78 is 5.73. The molecule has 4 aliphatic carbocycles. The van der Waals surface area contributed by atoms with Crippen molar-refractivity contribution in [3.8, 4) is 0 Å². The highest BCUT2D eigenvalue weighted by Crippen LogP contribution is 2.66. The third kappa shape index (κ3) is 2.46. The molecule has 3 heteroatoms. The predicted molar refractivity (Wildman–Crippen MR) is 101 cm³/mol. The lowest BCUT2D eigenvalue weighted by Gasteiger charge is -2.58. The minimum Gasteiger partial charge on any atom is -0.462 e. The SMILES string of the molecule is C=C[C@H]1[C@@H](OC(C)=O)C[C@H]2[C@@H]3CC[C@H]4CC(=O)C=C[C@]4(C)[C@H]3CC[C@]12C. The monoisotopic (exact) mass is 356 g/mol. The molecular weight excluding hydrogens is 324 g/mol. The quantitative estimate of drug-likeness (QED) is 0.531. The van der Waals surface area contributed by atoms with E-state index in [1.807, 2.05) is 12.2 Å². The fourth-order valence-corrected chi connectivity index (χ4v) is 7.42. The Morgan fingerprint density at radius 1 is 1.27 bits per heavy atom. The van der Waals surface area contributed by atoms with Crippen LogP contribution in [0.2, 0.25) is 0 Å². The van der Waals surface area contributed by atoms with Crippen molar-refractivity contribution in [3.63, 3.8) is 0 Å². The van der Waals surface area contributed by atoms with Crippen molar-refractivity contribution in [2.45, 2.75) is 65.4 Å². The van der Waals surface area contributed by atoms with Gasteiger partial charge in [0.15, 0.2) is 5.78 Å². The van der Waals surface area contributed by atoms with Crippen LogP contribution in [0.3, 0.4) is 0 Å². The molecule has 4 rings (SSSR count). The number of fused-ring (bicyclic) bond motifs is 5. The van der Waals surface area contributed by atoms with E-state index in [1.165, 1.54) is 19.8 Å². The smallest absolute Gasteiger partial charge is 0.302 e. The first-order chi connectivity index (χ1) is 12.3. The fraction of sp³-hybridized carbons (Fsp3) is 0.739. The zero-order chi connectivity index (χ0) is 18.7. The highest BCUT2D eigenvalue weighted by Gasteiger charge is 2.61. The van der Waals surface area contributed by atoms with Gasteiger partial charge >= 0.3 is 5.97 Å². The van der Waals surface area contributed by atoms with E-state index in [1.54, 1.807) is 0 Å². The molecule has 3 fully saturated rings. The van der Waals surface area contributed by atoms with Gasteiger partial charge in [0.1, 0.15) is 6.10 Å². The number of hydrogen-bond donors (Lipinski definition) is 0. The average molecular weight is 357 g/mol. The standard InChI is InChI=1S/C23H32O3/c1-5-18-21(26-14(2)24)13-20-17-7-6-15-12-16(25)8-10-22(15,3)19(17)9-11-23(18,20)4/h5,8,10,15,17-21H,1,6-7,9,11-13H2,2-4H3/t15-,17+,18-,19-,20-,21-,22-,23+/m0/s1. The van der Waals surface area contributed by atoms with Gasteiger partial charge in [-0.3, -0.25) is 9.59 Å². The maximum atomic E-state index is 11.9. The van der Waals surface area contributed by atoms with Crippen molar-refractivity contribution in [1.29, 1.82) is 0 Å². The summed E-state index contributed by atoms with van der Waals surface area (Å²) in [5, 5.41) is 0. The number of esters is 1. The molecule has 0 amide bonds. The van der Waals surface area contributed by atoms with Gasteiger partial charge in [0.25, 0.3) is 0 Å². The van der Waals surface area contributed by atoms with Gasteiger partial charge in [0.2, 0.25) is 0 Å². The summed E-state index contributed by atoms with van der Waals surface area (Å²) >= 11 is 0. The van der Waals surface area contributed by atoms with Crippen LogP contribution in [0, 0.1) is 40.4 Å². The summed E-state index contributed by atoms with van der Waals surface area (Å²) in [6.07, 6.45) is 12.5. The van der Waals surface area contributed by atoms with Gasteiger partial charge in [-0.15, -0.1) is 6.58 Å². The minimum atomic E-state index is -0.176. The van der Waals surface area contributed by atoms with E-state index in [0.717, 1.165) is 25.7 Å². The lowest BCUT2D eigenvalue weighted by Crippen LogP contribution is -2.52. The van der Waals surface area contributed by atoms with Crippen molar-refractivity contribution in [1.82, 2.24) is 0 Å². The van der Waals surface area contributed by atoms with E-state index in [4.69, 9.17) is 4.74 Å². The first-order valence-corrected chi connectivity index (χ1v) is 10.3. The Hall–Kier alpha value is -1.38. The van der Waals surface area contributed by atoms with Crippen molar-refractivity contribution >= 4 is 11.8 Å². The second-order valence-corrected chi connectivity index (χ2v) is 9.71. The molecule has 0 aliphatic heterocycles. The Labute approximate surface area is 157 Å². The molecule has 0 aromatic heterocycles. The summed E-state index contributed by atoms with van der Waals surface area (Å²) in [5.74, 6) is 2.77. The van der Waals surface area contributed by atoms with Crippen LogP contribution in [0.5, 0.6) is 0 Å². The summed E-state index contributed by atoms with van der Waals surface area (Å²) in [4.78, 5) is 23.6. The van der Waals surface area contributed by atoms with Gasteiger partial charge in [0.05, 0.1) is 0 Å². The molecule has 0 spiro atoms. The first kappa shape index (κ1) is 18.0. The Morgan fingerprint density at radius 3 is 2.73 bits per heavy atom. The summed E-state index contributed by atoms with van der Waals surface area (Å²) in [6.45, 7) is 10.4. The molecular formula is C23H32O3. The van der Waals surface area contributed by atoms with Gasteiger partial charge in [-0.05, 0) is 72.7 Å². The normalized spacial score (nSPS) is 49.7. The maximum absolute atomic E-state index is 11.9. The predicted octanol–water partition coefficient (Wildman–Crippen LogP) is 4.72. The second kappa shape index (κ2) is 6.07. The molecule has 3 nitrogen and oxygen atoms in total. The molecule has 3 saturated carbocycles. The van der Waals surface area contributed by atoms with Crippen molar-refractivity contribution in [2.75, 3.05) is 0 Å². The molecule has 0 bridgehead atoms. The summed E-state index contributed by atoms with van der Waals surface area (Å²) in [7, 11) is 0.